The van der Waals surface area contributed by atoms with Gasteiger partial charge in [0.15, 0.2) is 0 Å². The zero-order chi connectivity index (χ0) is 17.1. The lowest BCUT2D eigenvalue weighted by Gasteiger charge is -2.24. The average molecular weight is 333 g/mol. The quantitative estimate of drug-likeness (QED) is 0.567. The number of methoxy groups -OCH3 is 1. The monoisotopic (exact) mass is 333 g/mol. The third-order valence-corrected chi connectivity index (χ3v) is 3.18. The zero-order valence-corrected chi connectivity index (χ0v) is 14.8. The van der Waals surface area contributed by atoms with Crippen LogP contribution < -0.4 is 0 Å². The number of carbonyl (C=O) groups excluding carboxylic acids is 1. The Morgan fingerprint density at radius 1 is 1.04 bits per heavy atom. The molecule has 1 fully saturated rings. The van der Waals surface area contributed by atoms with Gasteiger partial charge in [-0.15, -0.1) is 0 Å². The molecule has 1 unspecified atom stereocenters. The topological polar surface area (TPSA) is 66.5 Å². The molecular formula is C16H31NO6. The van der Waals surface area contributed by atoms with Crippen LogP contribution in [0.15, 0.2) is 0 Å². The largest absolute Gasteiger partial charge is 0.444 e. The lowest BCUT2D eigenvalue weighted by atomic mass is 10.2. The van der Waals surface area contributed by atoms with Crippen LogP contribution in [-0.2, 0) is 23.7 Å². The van der Waals surface area contributed by atoms with Gasteiger partial charge in [-0.3, -0.25) is 0 Å². The van der Waals surface area contributed by atoms with Gasteiger partial charge in [-0.2, -0.15) is 0 Å². The van der Waals surface area contributed by atoms with Gasteiger partial charge >= 0.3 is 6.09 Å². The van der Waals surface area contributed by atoms with Crippen LogP contribution in [0, 0.1) is 0 Å². The highest BCUT2D eigenvalue weighted by molar-refractivity contribution is 5.68. The number of carbonyl (C=O) groups is 1. The van der Waals surface area contributed by atoms with Gasteiger partial charge in [0.1, 0.15) is 5.60 Å². The Morgan fingerprint density at radius 3 is 2.26 bits per heavy atom. The second-order valence-electron chi connectivity index (χ2n) is 6.43. The third kappa shape index (κ3) is 9.76. The molecule has 1 aliphatic heterocycles. The summed E-state index contributed by atoms with van der Waals surface area (Å²) in [4.78, 5) is 13.6. The molecule has 0 aliphatic carbocycles. The molecule has 0 aromatic carbocycles. The Bertz CT molecular complexity index is 331. The molecule has 7 heteroatoms. The van der Waals surface area contributed by atoms with E-state index in [1.54, 1.807) is 12.0 Å². The van der Waals surface area contributed by atoms with E-state index in [2.05, 4.69) is 0 Å². The summed E-state index contributed by atoms with van der Waals surface area (Å²) in [7, 11) is 1.64. The zero-order valence-electron chi connectivity index (χ0n) is 14.8. The molecule has 0 bridgehead atoms. The number of hydrogen-bond donors (Lipinski definition) is 0. The number of amides is 1. The van der Waals surface area contributed by atoms with Crippen LogP contribution in [0.3, 0.4) is 0 Å². The van der Waals surface area contributed by atoms with Crippen LogP contribution in [0.4, 0.5) is 4.79 Å². The Labute approximate surface area is 139 Å². The van der Waals surface area contributed by atoms with Crippen molar-refractivity contribution in [1.82, 2.24) is 4.90 Å². The minimum Gasteiger partial charge on any atom is -0.444 e. The average Bonchev–Trinajstić information content (AvgIpc) is 2.93. The Morgan fingerprint density at radius 2 is 1.65 bits per heavy atom. The lowest BCUT2D eigenvalue weighted by molar-refractivity contribution is -0.0152. The van der Waals surface area contributed by atoms with E-state index in [-0.39, 0.29) is 12.2 Å². The molecule has 0 radical (unpaired) electrons. The molecule has 1 amide bonds. The van der Waals surface area contributed by atoms with Crippen molar-refractivity contribution in [1.29, 1.82) is 0 Å². The molecule has 0 saturated carbocycles. The van der Waals surface area contributed by atoms with Crippen molar-refractivity contribution in [3.8, 4) is 0 Å². The van der Waals surface area contributed by atoms with Crippen molar-refractivity contribution in [2.45, 2.75) is 38.9 Å². The van der Waals surface area contributed by atoms with Gasteiger partial charge in [0, 0.05) is 13.7 Å². The van der Waals surface area contributed by atoms with Crippen LogP contribution in [0.1, 0.15) is 27.2 Å². The molecule has 23 heavy (non-hydrogen) atoms. The SMILES string of the molecule is COCCOCCOCCOC1CCN(C(=O)OC(C)(C)C)C1. The van der Waals surface area contributed by atoms with E-state index >= 15 is 0 Å². The maximum atomic E-state index is 11.9. The Hall–Kier alpha value is -0.890. The predicted molar refractivity (Wildman–Crippen MR) is 85.7 cm³/mol. The molecule has 0 spiro atoms. The number of rotatable bonds is 10. The van der Waals surface area contributed by atoms with Crippen molar-refractivity contribution in [2.75, 3.05) is 59.8 Å². The molecular weight excluding hydrogens is 302 g/mol. The summed E-state index contributed by atoms with van der Waals surface area (Å²) < 4.78 is 26.7. The molecule has 136 valence electrons. The van der Waals surface area contributed by atoms with E-state index in [0.29, 0.717) is 52.7 Å². The molecule has 1 heterocycles. The fourth-order valence-corrected chi connectivity index (χ4v) is 2.09. The molecule has 1 rings (SSSR count). The van der Waals surface area contributed by atoms with E-state index < -0.39 is 5.60 Å². The molecule has 1 saturated heterocycles. The molecule has 0 aromatic rings. The van der Waals surface area contributed by atoms with E-state index in [1.807, 2.05) is 20.8 Å². The maximum Gasteiger partial charge on any atom is 0.410 e. The summed E-state index contributed by atoms with van der Waals surface area (Å²) in [6, 6.07) is 0. The van der Waals surface area contributed by atoms with Gasteiger partial charge in [0.25, 0.3) is 0 Å². The first kappa shape index (κ1) is 20.2. The highest BCUT2D eigenvalue weighted by Crippen LogP contribution is 2.17. The van der Waals surface area contributed by atoms with Crippen molar-refractivity contribution in [3.05, 3.63) is 0 Å². The van der Waals surface area contributed by atoms with Gasteiger partial charge in [-0.05, 0) is 27.2 Å². The van der Waals surface area contributed by atoms with Gasteiger partial charge in [-0.1, -0.05) is 0 Å². The second kappa shape index (κ2) is 10.8. The van der Waals surface area contributed by atoms with Crippen LogP contribution in [0.2, 0.25) is 0 Å². The van der Waals surface area contributed by atoms with Crippen LogP contribution >= 0.6 is 0 Å². The van der Waals surface area contributed by atoms with Gasteiger partial charge in [0.2, 0.25) is 0 Å². The molecule has 1 aliphatic rings. The molecule has 0 N–H and O–H groups in total. The molecule has 0 aromatic heterocycles. The van der Waals surface area contributed by atoms with Gasteiger partial charge in [-0.25, -0.2) is 4.79 Å². The highest BCUT2D eigenvalue weighted by atomic mass is 16.6. The van der Waals surface area contributed by atoms with E-state index in [9.17, 15) is 4.79 Å². The molecule has 7 nitrogen and oxygen atoms in total. The summed E-state index contributed by atoms with van der Waals surface area (Å²) in [5.41, 5.74) is -0.463. The minimum absolute atomic E-state index is 0.0593. The standard InChI is InChI=1S/C16H31NO6/c1-16(2,3)23-15(18)17-6-5-14(13-17)22-12-11-21-10-9-20-8-7-19-4/h14H,5-13H2,1-4H3. The third-order valence-electron chi connectivity index (χ3n) is 3.18. The van der Waals surface area contributed by atoms with Crippen molar-refractivity contribution in [3.63, 3.8) is 0 Å². The number of ether oxygens (including phenoxy) is 5. The second-order valence-corrected chi connectivity index (χ2v) is 6.43. The lowest BCUT2D eigenvalue weighted by Crippen LogP contribution is -2.36. The normalized spacial score (nSPS) is 18.4. The predicted octanol–water partition coefficient (Wildman–Crippen LogP) is 1.69. The van der Waals surface area contributed by atoms with Crippen molar-refractivity contribution < 1.29 is 28.5 Å². The number of hydrogen-bond acceptors (Lipinski definition) is 6. The van der Waals surface area contributed by atoms with E-state index in [1.165, 1.54) is 0 Å². The smallest absolute Gasteiger partial charge is 0.410 e. The maximum absolute atomic E-state index is 11.9. The fourth-order valence-electron chi connectivity index (χ4n) is 2.09. The molecule has 1 atom stereocenters. The highest BCUT2D eigenvalue weighted by Gasteiger charge is 2.30. The summed E-state index contributed by atoms with van der Waals surface area (Å²) in [6.45, 7) is 10.2. The number of nitrogens with zero attached hydrogens (tertiary/aromatic N) is 1. The van der Waals surface area contributed by atoms with Gasteiger partial charge in [0.05, 0.1) is 52.3 Å². The summed E-state index contributed by atoms with van der Waals surface area (Å²) >= 11 is 0. The number of likely N-dealkylation sites (tertiary alicyclic amines) is 1. The first-order valence-electron chi connectivity index (χ1n) is 8.16. The van der Waals surface area contributed by atoms with Crippen molar-refractivity contribution >= 4 is 6.09 Å². The first-order chi connectivity index (χ1) is 10.9. The van der Waals surface area contributed by atoms with Gasteiger partial charge < -0.3 is 28.6 Å². The van der Waals surface area contributed by atoms with Crippen molar-refractivity contribution in [2.24, 2.45) is 0 Å². The minimum atomic E-state index is -0.463. The summed E-state index contributed by atoms with van der Waals surface area (Å²) in [5, 5.41) is 0. The summed E-state index contributed by atoms with van der Waals surface area (Å²) in [6.07, 6.45) is 0.622. The van der Waals surface area contributed by atoms with E-state index in [4.69, 9.17) is 23.7 Å². The Kier molecular flexibility index (Phi) is 9.47. The Balaban J connectivity index is 2.00. The first-order valence-corrected chi connectivity index (χ1v) is 8.16. The fraction of sp³-hybridized carbons (Fsp3) is 0.938. The summed E-state index contributed by atoms with van der Waals surface area (Å²) in [5.74, 6) is 0. The van der Waals surface area contributed by atoms with Crippen LogP contribution in [0.25, 0.3) is 0 Å². The van der Waals surface area contributed by atoms with Crippen LogP contribution in [0.5, 0.6) is 0 Å². The van der Waals surface area contributed by atoms with Crippen LogP contribution in [-0.4, -0.2) is 82.5 Å². The van der Waals surface area contributed by atoms with E-state index in [0.717, 1.165) is 6.42 Å².